The molecule has 1 aliphatic heterocycles. The summed E-state index contributed by atoms with van der Waals surface area (Å²) in [6.45, 7) is 0.879. The van der Waals surface area contributed by atoms with Crippen molar-refractivity contribution in [3.8, 4) is 0 Å². The molecule has 0 aromatic heterocycles. The Morgan fingerprint density at radius 2 is 1.83 bits per heavy atom. The van der Waals surface area contributed by atoms with Crippen LogP contribution in [-0.2, 0) is 0 Å². The molecule has 0 saturated heterocycles. The van der Waals surface area contributed by atoms with Gasteiger partial charge in [-0.15, -0.1) is 0 Å². The Morgan fingerprint density at radius 3 is 2.67 bits per heavy atom. The summed E-state index contributed by atoms with van der Waals surface area (Å²) in [5.74, 6) is 0. The van der Waals surface area contributed by atoms with Crippen LogP contribution in [0.4, 0.5) is 4.79 Å². The average Bonchev–Trinajstić information content (AvgIpc) is 2.61. The summed E-state index contributed by atoms with van der Waals surface area (Å²) < 4.78 is 0. The van der Waals surface area contributed by atoms with E-state index in [2.05, 4.69) is 24.3 Å². The standard InChI is InChI=1S/C15H13NO2/c17-15(18)16-9-7-12-6-5-11-3-1-2-4-13(11)14(12)8-10-16/h1-8H,9-10H2,(H,17,18). The second kappa shape index (κ2) is 4.18. The van der Waals surface area contributed by atoms with E-state index in [-0.39, 0.29) is 0 Å². The van der Waals surface area contributed by atoms with Gasteiger partial charge >= 0.3 is 6.09 Å². The molecule has 0 saturated carbocycles. The summed E-state index contributed by atoms with van der Waals surface area (Å²) in [6, 6.07) is 12.3. The Balaban J connectivity index is 2.27. The van der Waals surface area contributed by atoms with E-state index < -0.39 is 6.09 Å². The lowest BCUT2D eigenvalue weighted by Gasteiger charge is -2.12. The number of nitrogens with zero attached hydrogens (tertiary/aromatic N) is 1. The molecule has 3 nitrogen and oxygen atoms in total. The summed E-state index contributed by atoms with van der Waals surface area (Å²) in [7, 11) is 0. The second-order valence-electron chi connectivity index (χ2n) is 4.39. The van der Waals surface area contributed by atoms with Gasteiger partial charge in [-0.2, -0.15) is 0 Å². The predicted octanol–water partition coefficient (Wildman–Crippen LogP) is 1.39. The van der Waals surface area contributed by atoms with Gasteiger partial charge < -0.3 is 10.0 Å². The van der Waals surface area contributed by atoms with Crippen molar-refractivity contribution in [2.45, 2.75) is 0 Å². The van der Waals surface area contributed by atoms with Crippen LogP contribution in [0.25, 0.3) is 22.9 Å². The van der Waals surface area contributed by atoms with Crippen LogP contribution < -0.4 is 10.4 Å². The van der Waals surface area contributed by atoms with Crippen molar-refractivity contribution < 1.29 is 9.90 Å². The largest absolute Gasteiger partial charge is 0.465 e. The van der Waals surface area contributed by atoms with E-state index in [0.717, 1.165) is 10.4 Å². The monoisotopic (exact) mass is 239 g/mol. The molecule has 0 radical (unpaired) electrons. The molecule has 2 aromatic carbocycles. The van der Waals surface area contributed by atoms with Crippen LogP contribution in [0, 0.1) is 0 Å². The lowest BCUT2D eigenvalue weighted by atomic mass is 10.1. The molecule has 3 rings (SSSR count). The van der Waals surface area contributed by atoms with Gasteiger partial charge in [0.2, 0.25) is 0 Å². The molecule has 3 heteroatoms. The molecule has 1 N–H and O–H groups in total. The van der Waals surface area contributed by atoms with Crippen molar-refractivity contribution >= 4 is 29.0 Å². The van der Waals surface area contributed by atoms with Gasteiger partial charge in [-0.3, -0.25) is 0 Å². The van der Waals surface area contributed by atoms with Gasteiger partial charge in [-0.25, -0.2) is 4.79 Å². The van der Waals surface area contributed by atoms with E-state index in [1.165, 1.54) is 15.7 Å². The van der Waals surface area contributed by atoms with E-state index in [4.69, 9.17) is 5.11 Å². The van der Waals surface area contributed by atoms with Crippen molar-refractivity contribution in [2.75, 3.05) is 13.1 Å². The highest BCUT2D eigenvalue weighted by molar-refractivity contribution is 5.84. The van der Waals surface area contributed by atoms with Crippen LogP contribution in [-0.4, -0.2) is 29.2 Å². The number of benzene rings is 2. The van der Waals surface area contributed by atoms with Crippen molar-refractivity contribution in [2.24, 2.45) is 0 Å². The third-order valence-electron chi connectivity index (χ3n) is 3.32. The van der Waals surface area contributed by atoms with E-state index in [1.54, 1.807) is 0 Å². The van der Waals surface area contributed by atoms with Crippen LogP contribution in [0.2, 0.25) is 0 Å². The first kappa shape index (κ1) is 10.8. The smallest absolute Gasteiger partial charge is 0.407 e. The van der Waals surface area contributed by atoms with Gasteiger partial charge in [0.15, 0.2) is 0 Å². The minimum atomic E-state index is -0.875. The number of rotatable bonds is 0. The lowest BCUT2D eigenvalue weighted by Crippen LogP contribution is -2.29. The molecule has 2 aromatic rings. The first-order chi connectivity index (χ1) is 8.75. The van der Waals surface area contributed by atoms with Gasteiger partial charge in [0.1, 0.15) is 0 Å². The van der Waals surface area contributed by atoms with Gasteiger partial charge in [-0.05, 0) is 21.2 Å². The fraction of sp³-hybridized carbons (Fsp3) is 0.133. The van der Waals surface area contributed by atoms with Gasteiger partial charge in [0.05, 0.1) is 0 Å². The SMILES string of the molecule is O=C(O)N1CC=c2ccc3ccccc3c2=CC1. The topological polar surface area (TPSA) is 40.5 Å². The quantitative estimate of drug-likeness (QED) is 0.754. The summed E-state index contributed by atoms with van der Waals surface area (Å²) >= 11 is 0. The number of fused-ring (bicyclic) bond motifs is 3. The van der Waals surface area contributed by atoms with Crippen LogP contribution >= 0.6 is 0 Å². The maximum Gasteiger partial charge on any atom is 0.407 e. The molecule has 1 aliphatic rings. The zero-order valence-corrected chi connectivity index (χ0v) is 9.84. The summed E-state index contributed by atoms with van der Waals surface area (Å²) in [5, 5.41) is 13.7. The molecule has 0 unspecified atom stereocenters. The Morgan fingerprint density at radius 1 is 1.06 bits per heavy atom. The van der Waals surface area contributed by atoms with E-state index >= 15 is 0 Å². The first-order valence-corrected chi connectivity index (χ1v) is 5.92. The van der Waals surface area contributed by atoms with Crippen LogP contribution in [0.15, 0.2) is 36.4 Å². The number of hydrogen-bond acceptors (Lipinski definition) is 1. The molecule has 1 amide bonds. The molecular formula is C15H13NO2. The Hall–Kier alpha value is -2.29. The summed E-state index contributed by atoms with van der Waals surface area (Å²) in [5.41, 5.74) is 0. The van der Waals surface area contributed by atoms with E-state index in [9.17, 15) is 4.79 Å². The Labute approximate surface area is 104 Å². The number of carbonyl (C=O) groups is 1. The van der Waals surface area contributed by atoms with E-state index in [0.29, 0.717) is 13.1 Å². The molecule has 0 atom stereocenters. The van der Waals surface area contributed by atoms with Gasteiger partial charge in [-0.1, -0.05) is 48.6 Å². The predicted molar refractivity (Wildman–Crippen MR) is 71.7 cm³/mol. The van der Waals surface area contributed by atoms with Crippen molar-refractivity contribution in [1.82, 2.24) is 4.90 Å². The molecule has 0 bridgehead atoms. The third kappa shape index (κ3) is 1.74. The van der Waals surface area contributed by atoms with Crippen LogP contribution in [0.3, 0.4) is 0 Å². The van der Waals surface area contributed by atoms with Crippen molar-refractivity contribution in [1.29, 1.82) is 0 Å². The van der Waals surface area contributed by atoms with Crippen molar-refractivity contribution in [3.05, 3.63) is 46.8 Å². The van der Waals surface area contributed by atoms with Crippen molar-refractivity contribution in [3.63, 3.8) is 0 Å². The molecule has 90 valence electrons. The molecular weight excluding hydrogens is 226 g/mol. The number of carboxylic acid groups (broad SMARTS) is 1. The fourth-order valence-corrected chi connectivity index (χ4v) is 2.36. The highest BCUT2D eigenvalue weighted by Crippen LogP contribution is 2.07. The second-order valence-corrected chi connectivity index (χ2v) is 4.39. The molecule has 18 heavy (non-hydrogen) atoms. The number of amides is 1. The highest BCUT2D eigenvalue weighted by Gasteiger charge is 2.10. The maximum absolute atomic E-state index is 11.0. The number of hydrogen-bond donors (Lipinski definition) is 1. The zero-order valence-electron chi connectivity index (χ0n) is 9.84. The zero-order chi connectivity index (χ0) is 12.5. The lowest BCUT2D eigenvalue weighted by molar-refractivity contribution is 0.157. The Bertz CT molecular complexity index is 734. The molecule has 0 fully saturated rings. The van der Waals surface area contributed by atoms with Gasteiger partial charge in [0.25, 0.3) is 0 Å². The summed E-state index contributed by atoms with van der Waals surface area (Å²) in [4.78, 5) is 12.4. The first-order valence-electron chi connectivity index (χ1n) is 5.92. The average molecular weight is 239 g/mol. The highest BCUT2D eigenvalue weighted by atomic mass is 16.4. The molecule has 0 aliphatic carbocycles. The minimum absolute atomic E-state index is 0.437. The van der Waals surface area contributed by atoms with Crippen LogP contribution in [0.5, 0.6) is 0 Å². The fourth-order valence-electron chi connectivity index (χ4n) is 2.36. The van der Waals surface area contributed by atoms with Crippen LogP contribution in [0.1, 0.15) is 0 Å². The Kier molecular flexibility index (Phi) is 2.52. The third-order valence-corrected chi connectivity index (χ3v) is 3.32. The minimum Gasteiger partial charge on any atom is -0.465 e. The van der Waals surface area contributed by atoms with Gasteiger partial charge in [0, 0.05) is 13.1 Å². The molecule has 1 heterocycles. The normalized spacial score (nSPS) is 14.3. The molecule has 0 spiro atoms. The maximum atomic E-state index is 11.0. The summed E-state index contributed by atoms with van der Waals surface area (Å²) in [6.07, 6.45) is 3.09. The van der Waals surface area contributed by atoms with E-state index in [1.807, 2.05) is 24.3 Å².